The standard InChI is InChI=1S/C23H32O3Si/c1-27(2,3)26-22(19-18-20-12-6-4-7-13-20)16-10-11-17-23(24)25-21-14-8-5-9-15-21/h4-9,12-15,22H,10-11,16-19H2,1-3H3. The molecule has 2 rings (SSSR count). The van der Waals surface area contributed by atoms with Crippen LogP contribution in [0.15, 0.2) is 60.7 Å². The number of hydrogen-bond donors (Lipinski definition) is 0. The molecule has 0 aliphatic carbocycles. The first-order valence-electron chi connectivity index (χ1n) is 9.90. The number of benzene rings is 2. The molecule has 2 aromatic carbocycles. The fraction of sp³-hybridized carbons (Fsp3) is 0.435. The zero-order valence-corrected chi connectivity index (χ0v) is 17.8. The van der Waals surface area contributed by atoms with Gasteiger partial charge in [-0.25, -0.2) is 0 Å². The number of hydrogen-bond acceptors (Lipinski definition) is 3. The Morgan fingerprint density at radius 3 is 2.15 bits per heavy atom. The maximum Gasteiger partial charge on any atom is 0.311 e. The van der Waals surface area contributed by atoms with Crippen LogP contribution in [0.4, 0.5) is 0 Å². The molecule has 0 spiro atoms. The van der Waals surface area contributed by atoms with E-state index in [4.69, 9.17) is 9.16 Å². The van der Waals surface area contributed by atoms with Gasteiger partial charge in [-0.05, 0) is 63.0 Å². The molecule has 0 radical (unpaired) electrons. The first-order chi connectivity index (χ1) is 12.9. The number of ether oxygens (including phenoxy) is 1. The van der Waals surface area contributed by atoms with Crippen LogP contribution >= 0.6 is 0 Å². The lowest BCUT2D eigenvalue weighted by Crippen LogP contribution is -2.32. The van der Waals surface area contributed by atoms with Crippen LogP contribution in [0.1, 0.15) is 37.7 Å². The van der Waals surface area contributed by atoms with Gasteiger partial charge in [-0.2, -0.15) is 0 Å². The topological polar surface area (TPSA) is 35.5 Å². The van der Waals surface area contributed by atoms with E-state index in [1.54, 1.807) is 12.1 Å². The predicted octanol–water partition coefficient (Wildman–Crippen LogP) is 6.01. The number of aryl methyl sites for hydroxylation is 1. The zero-order valence-electron chi connectivity index (χ0n) is 16.8. The van der Waals surface area contributed by atoms with Crippen LogP contribution in [0.3, 0.4) is 0 Å². The summed E-state index contributed by atoms with van der Waals surface area (Å²) >= 11 is 0. The highest BCUT2D eigenvalue weighted by molar-refractivity contribution is 6.69. The van der Waals surface area contributed by atoms with E-state index in [0.717, 1.165) is 32.1 Å². The molecule has 0 heterocycles. The van der Waals surface area contributed by atoms with Gasteiger partial charge in [0.1, 0.15) is 5.75 Å². The van der Waals surface area contributed by atoms with Crippen LogP contribution in [0, 0.1) is 0 Å². The van der Waals surface area contributed by atoms with E-state index in [1.807, 2.05) is 24.3 Å². The molecule has 1 unspecified atom stereocenters. The Hall–Kier alpha value is -1.91. The second kappa shape index (κ2) is 11.0. The average Bonchev–Trinajstić information content (AvgIpc) is 2.63. The maximum atomic E-state index is 12.0. The van der Waals surface area contributed by atoms with Crippen LogP contribution < -0.4 is 4.74 Å². The molecule has 0 saturated heterocycles. The lowest BCUT2D eigenvalue weighted by molar-refractivity contribution is -0.134. The van der Waals surface area contributed by atoms with Gasteiger partial charge in [-0.15, -0.1) is 0 Å². The third-order valence-corrected chi connectivity index (χ3v) is 5.29. The number of carbonyl (C=O) groups is 1. The molecule has 0 saturated carbocycles. The van der Waals surface area contributed by atoms with Gasteiger partial charge < -0.3 is 9.16 Å². The molecule has 3 nitrogen and oxygen atoms in total. The SMILES string of the molecule is C[Si](C)(C)OC(CCCCC(=O)Oc1ccccc1)CCc1ccccc1. The van der Waals surface area contributed by atoms with Crippen molar-refractivity contribution < 1.29 is 14.0 Å². The highest BCUT2D eigenvalue weighted by atomic mass is 28.4. The van der Waals surface area contributed by atoms with Crippen LogP contribution in [-0.2, 0) is 15.6 Å². The summed E-state index contributed by atoms with van der Waals surface area (Å²) in [4.78, 5) is 12.0. The fourth-order valence-corrected chi connectivity index (χ4v) is 4.28. The van der Waals surface area contributed by atoms with Crippen molar-refractivity contribution >= 4 is 14.3 Å². The second-order valence-electron chi connectivity index (χ2n) is 7.91. The number of para-hydroxylation sites is 1. The third-order valence-electron chi connectivity index (χ3n) is 4.25. The first-order valence-corrected chi connectivity index (χ1v) is 13.3. The minimum absolute atomic E-state index is 0.159. The van der Waals surface area contributed by atoms with Crippen molar-refractivity contribution in [1.29, 1.82) is 0 Å². The Morgan fingerprint density at radius 2 is 1.52 bits per heavy atom. The van der Waals surface area contributed by atoms with Gasteiger partial charge in [-0.3, -0.25) is 4.79 Å². The maximum absolute atomic E-state index is 12.0. The highest BCUT2D eigenvalue weighted by Gasteiger charge is 2.21. The highest BCUT2D eigenvalue weighted by Crippen LogP contribution is 2.19. The minimum atomic E-state index is -1.58. The smallest absolute Gasteiger partial charge is 0.311 e. The Bertz CT molecular complexity index is 665. The molecular formula is C23H32O3Si. The number of rotatable bonds is 11. The Kier molecular flexibility index (Phi) is 8.75. The molecule has 0 aromatic heterocycles. The summed E-state index contributed by atoms with van der Waals surface area (Å²) in [6.45, 7) is 6.71. The van der Waals surface area contributed by atoms with E-state index in [0.29, 0.717) is 12.2 Å². The largest absolute Gasteiger partial charge is 0.427 e. The molecule has 0 N–H and O–H groups in total. The number of unbranched alkanes of at least 4 members (excludes halogenated alkanes) is 1. The Balaban J connectivity index is 1.73. The lowest BCUT2D eigenvalue weighted by Gasteiger charge is -2.26. The quantitative estimate of drug-likeness (QED) is 0.206. The monoisotopic (exact) mass is 384 g/mol. The summed E-state index contributed by atoms with van der Waals surface area (Å²) in [6, 6.07) is 19.8. The summed E-state index contributed by atoms with van der Waals surface area (Å²) in [5.74, 6) is 0.457. The van der Waals surface area contributed by atoms with Gasteiger partial charge >= 0.3 is 5.97 Å². The van der Waals surface area contributed by atoms with Gasteiger partial charge in [0.05, 0.1) is 0 Å². The van der Waals surface area contributed by atoms with E-state index in [-0.39, 0.29) is 12.1 Å². The van der Waals surface area contributed by atoms with Crippen molar-refractivity contribution in [2.75, 3.05) is 0 Å². The Labute approximate surface area is 164 Å². The van der Waals surface area contributed by atoms with Crippen molar-refractivity contribution in [3.8, 4) is 5.75 Å². The number of esters is 1. The molecule has 1 atom stereocenters. The van der Waals surface area contributed by atoms with Gasteiger partial charge in [-0.1, -0.05) is 55.0 Å². The summed E-state index contributed by atoms with van der Waals surface area (Å²) in [6.07, 6.45) is 5.59. The van der Waals surface area contributed by atoms with Crippen LogP contribution in [0.2, 0.25) is 19.6 Å². The number of carbonyl (C=O) groups excluding carboxylic acids is 1. The van der Waals surface area contributed by atoms with E-state index in [1.165, 1.54) is 5.56 Å². The molecule has 2 aromatic rings. The summed E-state index contributed by atoms with van der Waals surface area (Å²) in [5.41, 5.74) is 1.35. The molecule has 146 valence electrons. The van der Waals surface area contributed by atoms with E-state index >= 15 is 0 Å². The third kappa shape index (κ3) is 9.54. The normalized spacial score (nSPS) is 12.6. The van der Waals surface area contributed by atoms with Crippen LogP contribution in [0.5, 0.6) is 5.75 Å². The summed E-state index contributed by atoms with van der Waals surface area (Å²) < 4.78 is 11.7. The molecule has 0 aliphatic heterocycles. The molecule has 0 fully saturated rings. The van der Waals surface area contributed by atoms with Crippen LogP contribution in [0.25, 0.3) is 0 Å². The predicted molar refractivity (Wildman–Crippen MR) is 114 cm³/mol. The second-order valence-corrected chi connectivity index (χ2v) is 12.4. The van der Waals surface area contributed by atoms with Crippen molar-refractivity contribution in [1.82, 2.24) is 0 Å². The first kappa shape index (κ1) is 21.4. The van der Waals surface area contributed by atoms with Crippen LogP contribution in [-0.4, -0.2) is 20.4 Å². The molecule has 0 aliphatic rings. The van der Waals surface area contributed by atoms with Crippen molar-refractivity contribution in [2.45, 2.75) is 64.3 Å². The Morgan fingerprint density at radius 1 is 0.889 bits per heavy atom. The van der Waals surface area contributed by atoms with Crippen molar-refractivity contribution in [3.05, 3.63) is 66.2 Å². The minimum Gasteiger partial charge on any atom is -0.427 e. The molecule has 27 heavy (non-hydrogen) atoms. The van der Waals surface area contributed by atoms with Gasteiger partial charge in [0.2, 0.25) is 0 Å². The molecule has 4 heteroatoms. The van der Waals surface area contributed by atoms with Crippen molar-refractivity contribution in [3.63, 3.8) is 0 Å². The summed E-state index contributed by atoms with van der Waals surface area (Å²) in [7, 11) is -1.58. The van der Waals surface area contributed by atoms with E-state index in [2.05, 4.69) is 43.9 Å². The van der Waals surface area contributed by atoms with E-state index in [9.17, 15) is 4.79 Å². The summed E-state index contributed by atoms with van der Waals surface area (Å²) in [5, 5.41) is 0. The van der Waals surface area contributed by atoms with Gasteiger partial charge in [0.15, 0.2) is 8.32 Å². The van der Waals surface area contributed by atoms with Gasteiger partial charge in [0, 0.05) is 12.5 Å². The van der Waals surface area contributed by atoms with E-state index < -0.39 is 8.32 Å². The molecule has 0 amide bonds. The molecule has 0 bridgehead atoms. The average molecular weight is 385 g/mol. The lowest BCUT2D eigenvalue weighted by atomic mass is 10.0. The molecular weight excluding hydrogens is 352 g/mol. The zero-order chi connectivity index (χ0) is 19.5. The van der Waals surface area contributed by atoms with Gasteiger partial charge in [0.25, 0.3) is 0 Å². The fourth-order valence-electron chi connectivity index (χ4n) is 3.05. The van der Waals surface area contributed by atoms with Crippen molar-refractivity contribution in [2.24, 2.45) is 0 Å².